The first-order chi connectivity index (χ1) is 7.72. The fourth-order valence-electron chi connectivity index (χ4n) is 1.36. The smallest absolute Gasteiger partial charge is 0.143 e. The van der Waals surface area contributed by atoms with E-state index >= 15 is 0 Å². The first-order valence-electron chi connectivity index (χ1n) is 4.86. The predicted octanol–water partition coefficient (Wildman–Crippen LogP) is 3.90. The minimum atomic E-state index is 0.597. The van der Waals surface area contributed by atoms with Crippen molar-refractivity contribution in [3.8, 4) is 10.6 Å². The van der Waals surface area contributed by atoms with Crippen molar-refractivity contribution < 1.29 is 0 Å². The summed E-state index contributed by atoms with van der Waals surface area (Å²) in [6.07, 6.45) is 0.793. The molecule has 0 radical (unpaired) electrons. The second kappa shape index (κ2) is 5.42. The standard InChI is InChI=1S/C11H10ClIN2S/c1-7-3-2-4-8(10(7)13)11-15-14-9(16-11)5-6-12/h2-4H,5-6H2,1H3. The first kappa shape index (κ1) is 12.3. The second-order valence-electron chi connectivity index (χ2n) is 3.38. The minimum Gasteiger partial charge on any atom is -0.143 e. The Bertz CT molecular complexity index is 498. The molecule has 1 aromatic carbocycles. The maximum absolute atomic E-state index is 5.69. The van der Waals surface area contributed by atoms with Crippen LogP contribution in [0.4, 0.5) is 0 Å². The van der Waals surface area contributed by atoms with Gasteiger partial charge in [0.1, 0.15) is 10.0 Å². The highest BCUT2D eigenvalue weighted by atomic mass is 127. The van der Waals surface area contributed by atoms with Gasteiger partial charge in [-0.2, -0.15) is 0 Å². The summed E-state index contributed by atoms with van der Waals surface area (Å²) in [5.74, 6) is 0.597. The van der Waals surface area contributed by atoms with Gasteiger partial charge in [0.15, 0.2) is 0 Å². The quantitative estimate of drug-likeness (QED) is 0.610. The van der Waals surface area contributed by atoms with Gasteiger partial charge in [0.2, 0.25) is 0 Å². The van der Waals surface area contributed by atoms with Crippen molar-refractivity contribution in [2.24, 2.45) is 0 Å². The molecule has 0 bridgehead atoms. The number of aryl methyl sites for hydroxylation is 2. The fraction of sp³-hybridized carbons (Fsp3) is 0.273. The molecule has 0 saturated carbocycles. The molecule has 0 unspecified atom stereocenters. The number of nitrogens with zero attached hydrogens (tertiary/aromatic N) is 2. The maximum atomic E-state index is 5.69. The zero-order valence-corrected chi connectivity index (χ0v) is 12.4. The van der Waals surface area contributed by atoms with E-state index in [0.717, 1.165) is 16.4 Å². The van der Waals surface area contributed by atoms with E-state index in [1.54, 1.807) is 11.3 Å². The highest BCUT2D eigenvalue weighted by Crippen LogP contribution is 2.29. The van der Waals surface area contributed by atoms with Crippen molar-refractivity contribution in [3.63, 3.8) is 0 Å². The summed E-state index contributed by atoms with van der Waals surface area (Å²) in [5, 5.41) is 10.3. The van der Waals surface area contributed by atoms with Gasteiger partial charge in [0.05, 0.1) is 0 Å². The second-order valence-corrected chi connectivity index (χ2v) is 5.90. The largest absolute Gasteiger partial charge is 0.148 e. The molecule has 5 heteroatoms. The lowest BCUT2D eigenvalue weighted by Crippen LogP contribution is -1.85. The van der Waals surface area contributed by atoms with Gasteiger partial charge in [-0.1, -0.05) is 29.5 Å². The molecule has 0 fully saturated rings. The molecule has 0 aliphatic carbocycles. The normalized spacial score (nSPS) is 10.7. The van der Waals surface area contributed by atoms with Crippen molar-refractivity contribution in [2.75, 3.05) is 5.88 Å². The van der Waals surface area contributed by atoms with Crippen LogP contribution in [0.1, 0.15) is 10.6 Å². The molecule has 0 amide bonds. The number of halogens is 2. The Kier molecular flexibility index (Phi) is 4.16. The molecule has 0 atom stereocenters. The van der Waals surface area contributed by atoms with E-state index in [0.29, 0.717) is 5.88 Å². The number of rotatable bonds is 3. The monoisotopic (exact) mass is 364 g/mol. The molecule has 16 heavy (non-hydrogen) atoms. The lowest BCUT2D eigenvalue weighted by molar-refractivity contribution is 0.989. The van der Waals surface area contributed by atoms with E-state index in [-0.39, 0.29) is 0 Å². The molecule has 0 aliphatic heterocycles. The van der Waals surface area contributed by atoms with Crippen LogP contribution in [0, 0.1) is 10.5 Å². The van der Waals surface area contributed by atoms with Gasteiger partial charge in [-0.05, 0) is 35.1 Å². The Morgan fingerprint density at radius 3 is 2.94 bits per heavy atom. The number of alkyl halides is 1. The predicted molar refractivity (Wildman–Crippen MR) is 77.2 cm³/mol. The third-order valence-electron chi connectivity index (χ3n) is 2.20. The lowest BCUT2D eigenvalue weighted by Gasteiger charge is -2.02. The van der Waals surface area contributed by atoms with Crippen LogP contribution in [0.5, 0.6) is 0 Å². The van der Waals surface area contributed by atoms with Crippen LogP contribution in [0.3, 0.4) is 0 Å². The van der Waals surface area contributed by atoms with Crippen LogP contribution in [0.25, 0.3) is 10.6 Å². The summed E-state index contributed by atoms with van der Waals surface area (Å²) >= 11 is 9.66. The van der Waals surface area contributed by atoms with Gasteiger partial charge in [0.25, 0.3) is 0 Å². The topological polar surface area (TPSA) is 25.8 Å². The van der Waals surface area contributed by atoms with Crippen LogP contribution in [0.2, 0.25) is 0 Å². The van der Waals surface area contributed by atoms with Gasteiger partial charge in [-0.3, -0.25) is 0 Å². The van der Waals surface area contributed by atoms with Crippen molar-refractivity contribution in [2.45, 2.75) is 13.3 Å². The van der Waals surface area contributed by atoms with Gasteiger partial charge < -0.3 is 0 Å². The molecular formula is C11H10ClIN2S. The van der Waals surface area contributed by atoms with Crippen LogP contribution < -0.4 is 0 Å². The van der Waals surface area contributed by atoms with E-state index < -0.39 is 0 Å². The van der Waals surface area contributed by atoms with Gasteiger partial charge in [-0.15, -0.1) is 21.8 Å². The Morgan fingerprint density at radius 1 is 1.38 bits per heavy atom. The number of aromatic nitrogens is 2. The van der Waals surface area contributed by atoms with Gasteiger partial charge in [0, 0.05) is 21.4 Å². The zero-order chi connectivity index (χ0) is 11.5. The highest BCUT2D eigenvalue weighted by molar-refractivity contribution is 14.1. The Labute approximate surface area is 117 Å². The number of hydrogen-bond acceptors (Lipinski definition) is 3. The van der Waals surface area contributed by atoms with Crippen LogP contribution in [0.15, 0.2) is 18.2 Å². The summed E-state index contributed by atoms with van der Waals surface area (Å²) < 4.78 is 1.24. The molecule has 0 saturated heterocycles. The van der Waals surface area contributed by atoms with E-state index in [9.17, 15) is 0 Å². The number of hydrogen-bond donors (Lipinski definition) is 0. The third-order valence-corrected chi connectivity index (χ3v) is 4.83. The summed E-state index contributed by atoms with van der Waals surface area (Å²) in [5.41, 5.74) is 2.44. The van der Waals surface area contributed by atoms with Crippen molar-refractivity contribution >= 4 is 45.5 Å². The summed E-state index contributed by atoms with van der Waals surface area (Å²) in [6, 6.07) is 6.24. The van der Waals surface area contributed by atoms with Crippen LogP contribution in [-0.4, -0.2) is 16.1 Å². The van der Waals surface area contributed by atoms with E-state index in [1.165, 1.54) is 14.7 Å². The number of benzene rings is 1. The lowest BCUT2D eigenvalue weighted by atomic mass is 10.1. The molecule has 2 rings (SSSR count). The molecule has 0 aliphatic rings. The average molecular weight is 365 g/mol. The highest BCUT2D eigenvalue weighted by Gasteiger charge is 2.10. The van der Waals surface area contributed by atoms with Gasteiger partial charge >= 0.3 is 0 Å². The molecule has 84 valence electrons. The molecule has 0 spiro atoms. The summed E-state index contributed by atoms with van der Waals surface area (Å²) in [4.78, 5) is 0. The Morgan fingerprint density at radius 2 is 2.19 bits per heavy atom. The Hall–Kier alpha value is -0.200. The maximum Gasteiger partial charge on any atom is 0.148 e. The summed E-state index contributed by atoms with van der Waals surface area (Å²) in [6.45, 7) is 2.10. The minimum absolute atomic E-state index is 0.597. The summed E-state index contributed by atoms with van der Waals surface area (Å²) in [7, 11) is 0. The molecule has 1 heterocycles. The van der Waals surface area contributed by atoms with E-state index in [2.05, 4.69) is 57.9 Å². The van der Waals surface area contributed by atoms with E-state index in [1.807, 2.05) is 0 Å². The molecule has 1 aromatic heterocycles. The molecule has 2 aromatic rings. The van der Waals surface area contributed by atoms with Crippen LogP contribution in [-0.2, 0) is 6.42 Å². The van der Waals surface area contributed by atoms with Crippen LogP contribution >= 0.6 is 45.5 Å². The third kappa shape index (κ3) is 2.55. The van der Waals surface area contributed by atoms with Crippen molar-refractivity contribution in [1.82, 2.24) is 10.2 Å². The average Bonchev–Trinajstić information content (AvgIpc) is 2.71. The first-order valence-corrected chi connectivity index (χ1v) is 7.29. The molecule has 2 nitrogen and oxygen atoms in total. The zero-order valence-electron chi connectivity index (χ0n) is 8.70. The molecular weight excluding hydrogens is 355 g/mol. The SMILES string of the molecule is Cc1cccc(-c2nnc(CCCl)s2)c1I. The molecule has 0 N–H and O–H groups in total. The fourth-order valence-corrected chi connectivity index (χ4v) is 3.32. The van der Waals surface area contributed by atoms with Crippen molar-refractivity contribution in [1.29, 1.82) is 0 Å². The Balaban J connectivity index is 2.39. The van der Waals surface area contributed by atoms with Gasteiger partial charge in [-0.25, -0.2) is 0 Å². The van der Waals surface area contributed by atoms with Crippen molar-refractivity contribution in [3.05, 3.63) is 32.3 Å². The van der Waals surface area contributed by atoms with E-state index in [4.69, 9.17) is 11.6 Å².